The predicted molar refractivity (Wildman–Crippen MR) is 96.6 cm³/mol. The Labute approximate surface area is 135 Å². The quantitative estimate of drug-likeness (QED) is 0.452. The Morgan fingerprint density at radius 3 is 2.39 bits per heavy atom. The second-order valence-corrected chi connectivity index (χ2v) is 6.15. The molecule has 23 heavy (non-hydrogen) atoms. The van der Waals surface area contributed by atoms with E-state index in [0.717, 1.165) is 16.6 Å². The van der Waals surface area contributed by atoms with Gasteiger partial charge in [0.15, 0.2) is 0 Å². The summed E-state index contributed by atoms with van der Waals surface area (Å²) in [5, 5.41) is 3.50. The van der Waals surface area contributed by atoms with Gasteiger partial charge in [-0.05, 0) is 22.9 Å². The predicted octanol–water partition coefficient (Wildman–Crippen LogP) is 5.57. The molecule has 1 aromatic heterocycles. The van der Waals surface area contributed by atoms with Crippen molar-refractivity contribution in [3.63, 3.8) is 0 Å². The van der Waals surface area contributed by atoms with Gasteiger partial charge in [-0.1, -0.05) is 68.4 Å². The van der Waals surface area contributed by atoms with Crippen LogP contribution in [0.25, 0.3) is 32.9 Å². The maximum Gasteiger partial charge on any atom is 0.116 e. The van der Waals surface area contributed by atoms with E-state index < -0.39 is 0 Å². The molecule has 0 aliphatic rings. The van der Waals surface area contributed by atoms with Crippen LogP contribution in [0.15, 0.2) is 67.0 Å². The van der Waals surface area contributed by atoms with Gasteiger partial charge in [-0.15, -0.1) is 0 Å². The minimum Gasteiger partial charge on any atom is -0.236 e. The number of rotatable bonds is 2. The average molecular weight is 298 g/mol. The summed E-state index contributed by atoms with van der Waals surface area (Å²) >= 11 is 0. The molecule has 0 fully saturated rings. The van der Waals surface area contributed by atoms with Gasteiger partial charge in [0.05, 0.1) is 11.2 Å². The van der Waals surface area contributed by atoms with Gasteiger partial charge in [-0.25, -0.2) is 9.97 Å². The molecule has 2 nitrogen and oxygen atoms in total. The summed E-state index contributed by atoms with van der Waals surface area (Å²) < 4.78 is 0. The molecule has 0 saturated heterocycles. The number of nitrogens with zero attached hydrogens (tertiary/aromatic N) is 2. The van der Waals surface area contributed by atoms with Gasteiger partial charge in [-0.3, -0.25) is 0 Å². The molecular weight excluding hydrogens is 280 g/mol. The van der Waals surface area contributed by atoms with E-state index in [0.29, 0.717) is 5.92 Å². The van der Waals surface area contributed by atoms with E-state index in [-0.39, 0.29) is 0 Å². The molecule has 0 bridgehead atoms. The maximum absolute atomic E-state index is 4.62. The van der Waals surface area contributed by atoms with Gasteiger partial charge in [0.2, 0.25) is 0 Å². The van der Waals surface area contributed by atoms with Crippen LogP contribution < -0.4 is 0 Å². The van der Waals surface area contributed by atoms with Crippen LogP contribution in [0, 0.1) is 0 Å². The van der Waals surface area contributed by atoms with E-state index in [2.05, 4.69) is 84.5 Å². The van der Waals surface area contributed by atoms with Crippen LogP contribution in [0.3, 0.4) is 0 Å². The van der Waals surface area contributed by atoms with Crippen molar-refractivity contribution in [2.45, 2.75) is 19.8 Å². The lowest BCUT2D eigenvalue weighted by atomic mass is 9.93. The first-order chi connectivity index (χ1) is 11.3. The average Bonchev–Trinajstić information content (AvgIpc) is 2.61. The third-order valence-electron chi connectivity index (χ3n) is 4.37. The standard InChI is InChI=1S/C21H18N2/c1-14(2)16-8-5-6-10-18(16)21-19-12-11-15-7-3-4-9-17(15)20(19)22-13-23-21/h3-14H,1-2H3. The minimum atomic E-state index is 0.455. The monoisotopic (exact) mass is 298 g/mol. The van der Waals surface area contributed by atoms with Crippen LogP contribution in [-0.2, 0) is 0 Å². The highest BCUT2D eigenvalue weighted by atomic mass is 14.8. The highest BCUT2D eigenvalue weighted by molar-refractivity contribution is 6.09. The lowest BCUT2D eigenvalue weighted by molar-refractivity contribution is 0.868. The van der Waals surface area contributed by atoms with Crippen molar-refractivity contribution < 1.29 is 0 Å². The molecule has 0 spiro atoms. The van der Waals surface area contributed by atoms with E-state index in [1.165, 1.54) is 21.9 Å². The third-order valence-corrected chi connectivity index (χ3v) is 4.37. The molecule has 0 N–H and O–H groups in total. The van der Waals surface area contributed by atoms with Crippen molar-refractivity contribution in [1.29, 1.82) is 0 Å². The Kier molecular flexibility index (Phi) is 3.30. The molecular formula is C21H18N2. The summed E-state index contributed by atoms with van der Waals surface area (Å²) in [5.74, 6) is 0.455. The Bertz CT molecular complexity index is 1000. The van der Waals surface area contributed by atoms with Gasteiger partial charge in [-0.2, -0.15) is 0 Å². The van der Waals surface area contributed by atoms with Gasteiger partial charge in [0.1, 0.15) is 6.33 Å². The number of benzene rings is 3. The highest BCUT2D eigenvalue weighted by Crippen LogP contribution is 2.34. The lowest BCUT2D eigenvalue weighted by Gasteiger charge is -2.14. The van der Waals surface area contributed by atoms with Gasteiger partial charge in [0.25, 0.3) is 0 Å². The van der Waals surface area contributed by atoms with Crippen molar-refractivity contribution >= 4 is 21.7 Å². The number of hydrogen-bond donors (Lipinski definition) is 0. The van der Waals surface area contributed by atoms with E-state index in [4.69, 9.17) is 0 Å². The van der Waals surface area contributed by atoms with Gasteiger partial charge in [0, 0.05) is 16.3 Å². The van der Waals surface area contributed by atoms with E-state index in [1.54, 1.807) is 6.33 Å². The maximum atomic E-state index is 4.62. The SMILES string of the molecule is CC(C)c1ccccc1-c1ncnc2c1ccc1ccccc12. The highest BCUT2D eigenvalue weighted by Gasteiger charge is 2.13. The molecule has 0 amide bonds. The fourth-order valence-corrected chi connectivity index (χ4v) is 3.23. The molecule has 4 aromatic rings. The van der Waals surface area contributed by atoms with Crippen LogP contribution in [0.4, 0.5) is 0 Å². The first-order valence-corrected chi connectivity index (χ1v) is 7.97. The second-order valence-electron chi connectivity index (χ2n) is 6.15. The Morgan fingerprint density at radius 2 is 1.52 bits per heavy atom. The molecule has 0 aliphatic heterocycles. The molecule has 4 rings (SSSR count). The summed E-state index contributed by atoms with van der Waals surface area (Å²) in [7, 11) is 0. The largest absolute Gasteiger partial charge is 0.236 e. The molecule has 1 heterocycles. The van der Waals surface area contributed by atoms with Crippen molar-refractivity contribution in [2.75, 3.05) is 0 Å². The zero-order valence-electron chi connectivity index (χ0n) is 13.3. The van der Waals surface area contributed by atoms with Crippen LogP contribution >= 0.6 is 0 Å². The molecule has 0 saturated carbocycles. The van der Waals surface area contributed by atoms with Crippen LogP contribution in [-0.4, -0.2) is 9.97 Å². The lowest BCUT2D eigenvalue weighted by Crippen LogP contribution is -1.96. The van der Waals surface area contributed by atoms with Crippen molar-refractivity contribution in [2.24, 2.45) is 0 Å². The number of hydrogen-bond acceptors (Lipinski definition) is 2. The normalized spacial score (nSPS) is 11.4. The zero-order valence-corrected chi connectivity index (χ0v) is 13.3. The smallest absolute Gasteiger partial charge is 0.116 e. The van der Waals surface area contributed by atoms with Gasteiger partial charge < -0.3 is 0 Å². The summed E-state index contributed by atoms with van der Waals surface area (Å²) in [6, 6.07) is 21.2. The van der Waals surface area contributed by atoms with Gasteiger partial charge >= 0.3 is 0 Å². The first-order valence-electron chi connectivity index (χ1n) is 7.97. The molecule has 2 heteroatoms. The molecule has 0 atom stereocenters. The molecule has 112 valence electrons. The summed E-state index contributed by atoms with van der Waals surface area (Å²) in [4.78, 5) is 9.17. The molecule has 0 radical (unpaired) electrons. The summed E-state index contributed by atoms with van der Waals surface area (Å²) in [6.07, 6.45) is 1.68. The van der Waals surface area contributed by atoms with E-state index in [9.17, 15) is 0 Å². The number of aromatic nitrogens is 2. The fourth-order valence-electron chi connectivity index (χ4n) is 3.23. The Morgan fingerprint density at radius 1 is 0.739 bits per heavy atom. The molecule has 0 aliphatic carbocycles. The van der Waals surface area contributed by atoms with E-state index in [1.807, 2.05) is 0 Å². The van der Waals surface area contributed by atoms with E-state index >= 15 is 0 Å². The minimum absolute atomic E-state index is 0.455. The Balaban J connectivity index is 2.08. The molecule has 3 aromatic carbocycles. The van der Waals surface area contributed by atoms with Crippen LogP contribution in [0.2, 0.25) is 0 Å². The molecule has 0 unspecified atom stereocenters. The number of fused-ring (bicyclic) bond motifs is 3. The van der Waals surface area contributed by atoms with Crippen LogP contribution in [0.1, 0.15) is 25.3 Å². The van der Waals surface area contributed by atoms with Crippen molar-refractivity contribution in [3.05, 3.63) is 72.6 Å². The fraction of sp³-hybridized carbons (Fsp3) is 0.143. The van der Waals surface area contributed by atoms with Crippen molar-refractivity contribution in [1.82, 2.24) is 9.97 Å². The first kappa shape index (κ1) is 13.9. The topological polar surface area (TPSA) is 25.8 Å². The zero-order chi connectivity index (χ0) is 15.8. The summed E-state index contributed by atoms with van der Waals surface area (Å²) in [6.45, 7) is 4.44. The third kappa shape index (κ3) is 2.27. The summed E-state index contributed by atoms with van der Waals surface area (Å²) in [5.41, 5.74) is 4.56. The Hall–Kier alpha value is -2.74. The van der Waals surface area contributed by atoms with Crippen LogP contribution in [0.5, 0.6) is 0 Å². The second kappa shape index (κ2) is 5.47. The van der Waals surface area contributed by atoms with Crippen molar-refractivity contribution in [3.8, 4) is 11.3 Å².